The van der Waals surface area contributed by atoms with Gasteiger partial charge in [-0.15, -0.1) is 0 Å². The van der Waals surface area contributed by atoms with Gasteiger partial charge in [0.2, 0.25) is 0 Å². The summed E-state index contributed by atoms with van der Waals surface area (Å²) in [5.41, 5.74) is 2.47. The molecule has 17 heavy (non-hydrogen) atoms. The van der Waals surface area contributed by atoms with Crippen molar-refractivity contribution in [1.29, 1.82) is 0 Å². The highest BCUT2D eigenvalue weighted by molar-refractivity contribution is 9.10. The Morgan fingerprint density at radius 1 is 1.47 bits per heavy atom. The molecule has 1 fully saturated rings. The minimum absolute atomic E-state index is 0.165. The molecule has 0 aromatic heterocycles. The number of nitrogens with zero attached hydrogens (tertiary/aromatic N) is 1. The van der Waals surface area contributed by atoms with E-state index in [1.54, 1.807) is 0 Å². The second-order valence-electron chi connectivity index (χ2n) is 4.68. The second-order valence-corrected chi connectivity index (χ2v) is 5.60. The Morgan fingerprint density at radius 3 is 2.88 bits per heavy atom. The SMILES string of the molecule is Cc1cc(Br)ccc1N1C(C)CNCC1CO. The van der Waals surface area contributed by atoms with E-state index in [1.165, 1.54) is 11.3 Å². The molecule has 0 saturated carbocycles. The van der Waals surface area contributed by atoms with E-state index in [0.717, 1.165) is 17.6 Å². The summed E-state index contributed by atoms with van der Waals surface area (Å²) in [6, 6.07) is 6.88. The van der Waals surface area contributed by atoms with Gasteiger partial charge in [0, 0.05) is 29.3 Å². The number of hydrogen-bond acceptors (Lipinski definition) is 3. The van der Waals surface area contributed by atoms with Crippen molar-refractivity contribution in [2.45, 2.75) is 25.9 Å². The molecule has 2 unspecified atom stereocenters. The van der Waals surface area contributed by atoms with Gasteiger partial charge in [0.15, 0.2) is 0 Å². The highest BCUT2D eigenvalue weighted by Crippen LogP contribution is 2.28. The van der Waals surface area contributed by atoms with Gasteiger partial charge >= 0.3 is 0 Å². The van der Waals surface area contributed by atoms with Crippen LogP contribution in [0.3, 0.4) is 0 Å². The number of aliphatic hydroxyl groups is 1. The number of aryl methyl sites for hydroxylation is 1. The Balaban J connectivity index is 2.34. The molecule has 1 aliphatic rings. The summed E-state index contributed by atoms with van der Waals surface area (Å²) in [5.74, 6) is 0. The van der Waals surface area contributed by atoms with Crippen molar-refractivity contribution in [3.05, 3.63) is 28.2 Å². The van der Waals surface area contributed by atoms with Crippen molar-refractivity contribution in [2.24, 2.45) is 0 Å². The first-order valence-electron chi connectivity index (χ1n) is 5.99. The smallest absolute Gasteiger partial charge is 0.0649 e. The Bertz CT molecular complexity index is 397. The standard InChI is InChI=1S/C13H19BrN2O/c1-9-5-11(14)3-4-13(9)16-10(2)6-15-7-12(16)8-17/h3-5,10,12,15,17H,6-8H2,1-2H3. The van der Waals surface area contributed by atoms with Crippen LogP contribution in [0.4, 0.5) is 5.69 Å². The van der Waals surface area contributed by atoms with E-state index < -0.39 is 0 Å². The van der Waals surface area contributed by atoms with Crippen LogP contribution in [0.2, 0.25) is 0 Å². The van der Waals surface area contributed by atoms with E-state index in [0.29, 0.717) is 6.04 Å². The number of benzene rings is 1. The highest BCUT2D eigenvalue weighted by Gasteiger charge is 2.28. The van der Waals surface area contributed by atoms with Crippen LogP contribution >= 0.6 is 15.9 Å². The van der Waals surface area contributed by atoms with E-state index in [2.05, 4.69) is 58.2 Å². The average molecular weight is 299 g/mol. The number of rotatable bonds is 2. The first-order chi connectivity index (χ1) is 8.13. The van der Waals surface area contributed by atoms with Crippen LogP contribution in [0.1, 0.15) is 12.5 Å². The van der Waals surface area contributed by atoms with Crippen molar-refractivity contribution in [1.82, 2.24) is 5.32 Å². The summed E-state index contributed by atoms with van der Waals surface area (Å²) in [6.45, 7) is 6.30. The second kappa shape index (κ2) is 5.38. The van der Waals surface area contributed by atoms with Crippen LogP contribution in [-0.4, -0.2) is 36.9 Å². The first-order valence-corrected chi connectivity index (χ1v) is 6.79. The predicted molar refractivity (Wildman–Crippen MR) is 74.6 cm³/mol. The Labute approximate surface area is 111 Å². The molecule has 0 aliphatic carbocycles. The highest BCUT2D eigenvalue weighted by atomic mass is 79.9. The van der Waals surface area contributed by atoms with Crippen molar-refractivity contribution in [2.75, 3.05) is 24.6 Å². The number of hydrogen-bond donors (Lipinski definition) is 2. The maximum absolute atomic E-state index is 9.50. The molecule has 0 bridgehead atoms. The zero-order valence-corrected chi connectivity index (χ0v) is 11.9. The van der Waals surface area contributed by atoms with Gasteiger partial charge in [-0.3, -0.25) is 0 Å². The van der Waals surface area contributed by atoms with Gasteiger partial charge in [-0.2, -0.15) is 0 Å². The van der Waals surface area contributed by atoms with E-state index >= 15 is 0 Å². The van der Waals surface area contributed by atoms with Crippen molar-refractivity contribution in [3.8, 4) is 0 Å². The lowest BCUT2D eigenvalue weighted by Crippen LogP contribution is -2.58. The third-order valence-electron chi connectivity index (χ3n) is 3.34. The lowest BCUT2D eigenvalue weighted by atomic mass is 10.0. The zero-order valence-electron chi connectivity index (χ0n) is 10.3. The van der Waals surface area contributed by atoms with Gasteiger partial charge in [-0.1, -0.05) is 15.9 Å². The molecule has 1 aromatic rings. The lowest BCUT2D eigenvalue weighted by Gasteiger charge is -2.42. The number of halogens is 1. The fourth-order valence-corrected chi connectivity index (χ4v) is 2.99. The maximum Gasteiger partial charge on any atom is 0.0649 e. The van der Waals surface area contributed by atoms with Crippen LogP contribution in [0, 0.1) is 6.92 Å². The molecule has 2 atom stereocenters. The van der Waals surface area contributed by atoms with E-state index in [1.807, 2.05) is 0 Å². The van der Waals surface area contributed by atoms with Gasteiger partial charge < -0.3 is 15.3 Å². The summed E-state index contributed by atoms with van der Waals surface area (Å²) < 4.78 is 1.10. The first kappa shape index (κ1) is 12.9. The van der Waals surface area contributed by atoms with Gasteiger partial charge in [0.1, 0.15) is 0 Å². The molecular formula is C13H19BrN2O. The van der Waals surface area contributed by atoms with E-state index in [-0.39, 0.29) is 12.6 Å². The number of anilines is 1. The minimum Gasteiger partial charge on any atom is -0.394 e. The lowest BCUT2D eigenvalue weighted by molar-refractivity contribution is 0.235. The van der Waals surface area contributed by atoms with Crippen LogP contribution in [-0.2, 0) is 0 Å². The third kappa shape index (κ3) is 2.64. The normalized spacial score (nSPS) is 25.1. The molecule has 0 radical (unpaired) electrons. The molecule has 0 spiro atoms. The molecule has 1 saturated heterocycles. The third-order valence-corrected chi connectivity index (χ3v) is 3.83. The molecule has 1 aliphatic heterocycles. The summed E-state index contributed by atoms with van der Waals surface area (Å²) >= 11 is 3.49. The molecule has 1 aromatic carbocycles. The van der Waals surface area contributed by atoms with Gasteiger partial charge in [0.25, 0.3) is 0 Å². The average Bonchev–Trinajstić information content (AvgIpc) is 2.30. The summed E-state index contributed by atoms with van der Waals surface area (Å²) in [5, 5.41) is 12.9. The van der Waals surface area contributed by atoms with Crippen molar-refractivity contribution < 1.29 is 5.11 Å². The molecule has 2 rings (SSSR count). The number of piperazine rings is 1. The Morgan fingerprint density at radius 2 is 2.24 bits per heavy atom. The quantitative estimate of drug-likeness (QED) is 0.876. The molecule has 4 heteroatoms. The van der Waals surface area contributed by atoms with Crippen LogP contribution in [0.5, 0.6) is 0 Å². The Kier molecular flexibility index (Phi) is 4.07. The van der Waals surface area contributed by atoms with Crippen LogP contribution < -0.4 is 10.2 Å². The predicted octanol–water partition coefficient (Wildman–Crippen LogP) is 1.92. The fraction of sp³-hybridized carbons (Fsp3) is 0.538. The fourth-order valence-electron chi connectivity index (χ4n) is 2.51. The van der Waals surface area contributed by atoms with Gasteiger partial charge in [0.05, 0.1) is 12.6 Å². The summed E-state index contributed by atoms with van der Waals surface area (Å²) in [4.78, 5) is 2.33. The topological polar surface area (TPSA) is 35.5 Å². The van der Waals surface area contributed by atoms with Gasteiger partial charge in [-0.25, -0.2) is 0 Å². The van der Waals surface area contributed by atoms with Crippen molar-refractivity contribution >= 4 is 21.6 Å². The monoisotopic (exact) mass is 298 g/mol. The maximum atomic E-state index is 9.50. The zero-order chi connectivity index (χ0) is 12.4. The number of aliphatic hydroxyl groups excluding tert-OH is 1. The molecule has 1 heterocycles. The van der Waals surface area contributed by atoms with E-state index in [4.69, 9.17) is 0 Å². The molecular weight excluding hydrogens is 280 g/mol. The van der Waals surface area contributed by atoms with Crippen LogP contribution in [0.15, 0.2) is 22.7 Å². The summed E-state index contributed by atoms with van der Waals surface area (Å²) in [6.07, 6.45) is 0. The number of nitrogens with one attached hydrogen (secondary N) is 1. The molecule has 3 nitrogen and oxygen atoms in total. The largest absolute Gasteiger partial charge is 0.394 e. The summed E-state index contributed by atoms with van der Waals surface area (Å²) in [7, 11) is 0. The van der Waals surface area contributed by atoms with Crippen LogP contribution in [0.25, 0.3) is 0 Å². The Hall–Kier alpha value is -0.580. The molecule has 94 valence electrons. The molecule has 2 N–H and O–H groups in total. The minimum atomic E-state index is 0.165. The van der Waals surface area contributed by atoms with Crippen molar-refractivity contribution in [3.63, 3.8) is 0 Å². The molecule has 0 amide bonds. The van der Waals surface area contributed by atoms with Gasteiger partial charge in [-0.05, 0) is 37.6 Å². The van der Waals surface area contributed by atoms with E-state index in [9.17, 15) is 5.11 Å².